The van der Waals surface area contributed by atoms with Crippen LogP contribution in [0.3, 0.4) is 0 Å². The highest BCUT2D eigenvalue weighted by molar-refractivity contribution is 5.14. The molecule has 0 saturated heterocycles. The summed E-state index contributed by atoms with van der Waals surface area (Å²) in [4.78, 5) is 0. The average molecular weight is 220 g/mol. The van der Waals surface area contributed by atoms with Crippen molar-refractivity contribution in [3.8, 4) is 0 Å². The smallest absolute Gasteiger partial charge is 0.0540 e. The van der Waals surface area contributed by atoms with Crippen molar-refractivity contribution in [3.05, 3.63) is 35.9 Å². The quantitative estimate of drug-likeness (QED) is 0.741. The fourth-order valence-electron chi connectivity index (χ4n) is 1.86. The third-order valence-corrected chi connectivity index (χ3v) is 2.92. The molecule has 0 aliphatic rings. The van der Waals surface area contributed by atoms with Gasteiger partial charge < -0.3 is 5.11 Å². The average Bonchev–Trinajstić information content (AvgIpc) is 2.28. The first-order valence-corrected chi connectivity index (χ1v) is 6.40. The van der Waals surface area contributed by atoms with E-state index in [0.29, 0.717) is 5.92 Å². The Labute approximate surface area is 99.5 Å². The molecule has 0 aromatic heterocycles. The summed E-state index contributed by atoms with van der Waals surface area (Å²) in [6, 6.07) is 10.5. The van der Waals surface area contributed by atoms with E-state index in [0.717, 1.165) is 32.1 Å². The van der Waals surface area contributed by atoms with Crippen LogP contribution in [-0.2, 0) is 6.42 Å². The molecular weight excluding hydrogens is 196 g/mol. The summed E-state index contributed by atoms with van der Waals surface area (Å²) in [7, 11) is 0. The standard InChI is InChI=1S/C15H24O/c1-13(2)11-12-15(16)10-6-9-14-7-4-3-5-8-14/h3-5,7-8,13,15-16H,6,9-12H2,1-2H3. The van der Waals surface area contributed by atoms with E-state index in [9.17, 15) is 5.11 Å². The third kappa shape index (κ3) is 5.92. The lowest BCUT2D eigenvalue weighted by Crippen LogP contribution is -2.08. The lowest BCUT2D eigenvalue weighted by molar-refractivity contribution is 0.144. The molecule has 1 unspecified atom stereocenters. The van der Waals surface area contributed by atoms with Gasteiger partial charge in [0.1, 0.15) is 0 Å². The Balaban J connectivity index is 2.11. The first-order valence-electron chi connectivity index (χ1n) is 6.40. The molecule has 0 bridgehead atoms. The van der Waals surface area contributed by atoms with Gasteiger partial charge in [-0.25, -0.2) is 0 Å². The van der Waals surface area contributed by atoms with Gasteiger partial charge in [-0.2, -0.15) is 0 Å². The second-order valence-corrected chi connectivity index (χ2v) is 5.00. The minimum Gasteiger partial charge on any atom is -0.393 e. The molecule has 0 amide bonds. The number of benzene rings is 1. The van der Waals surface area contributed by atoms with Crippen LogP contribution >= 0.6 is 0 Å². The van der Waals surface area contributed by atoms with Gasteiger partial charge in [-0.1, -0.05) is 44.2 Å². The first kappa shape index (κ1) is 13.2. The van der Waals surface area contributed by atoms with E-state index in [1.807, 2.05) is 6.07 Å². The predicted molar refractivity (Wildman–Crippen MR) is 69.5 cm³/mol. The van der Waals surface area contributed by atoms with Crippen LogP contribution in [0.15, 0.2) is 30.3 Å². The van der Waals surface area contributed by atoms with Gasteiger partial charge in [-0.15, -0.1) is 0 Å². The highest BCUT2D eigenvalue weighted by Gasteiger charge is 2.05. The molecule has 0 radical (unpaired) electrons. The minimum atomic E-state index is -0.105. The van der Waals surface area contributed by atoms with Crippen molar-refractivity contribution in [1.82, 2.24) is 0 Å². The van der Waals surface area contributed by atoms with E-state index < -0.39 is 0 Å². The van der Waals surface area contributed by atoms with Crippen LogP contribution in [0.2, 0.25) is 0 Å². The monoisotopic (exact) mass is 220 g/mol. The van der Waals surface area contributed by atoms with Crippen LogP contribution in [0.5, 0.6) is 0 Å². The molecule has 0 aliphatic heterocycles. The molecular formula is C15H24O. The molecule has 0 aliphatic carbocycles. The van der Waals surface area contributed by atoms with Gasteiger partial charge in [-0.05, 0) is 43.6 Å². The molecule has 90 valence electrons. The van der Waals surface area contributed by atoms with E-state index in [2.05, 4.69) is 38.1 Å². The number of aryl methyl sites for hydroxylation is 1. The van der Waals surface area contributed by atoms with Crippen molar-refractivity contribution in [1.29, 1.82) is 0 Å². The van der Waals surface area contributed by atoms with Crippen LogP contribution in [0.25, 0.3) is 0 Å². The molecule has 1 N–H and O–H groups in total. The Hall–Kier alpha value is -0.820. The number of aliphatic hydroxyl groups excluding tert-OH is 1. The molecule has 1 rings (SSSR count). The summed E-state index contributed by atoms with van der Waals surface area (Å²) >= 11 is 0. The number of hydrogen-bond acceptors (Lipinski definition) is 1. The summed E-state index contributed by atoms with van der Waals surface area (Å²) in [5.41, 5.74) is 1.37. The summed E-state index contributed by atoms with van der Waals surface area (Å²) < 4.78 is 0. The van der Waals surface area contributed by atoms with Crippen LogP contribution in [0.4, 0.5) is 0 Å². The van der Waals surface area contributed by atoms with E-state index in [1.54, 1.807) is 0 Å². The van der Waals surface area contributed by atoms with Gasteiger partial charge in [0.25, 0.3) is 0 Å². The van der Waals surface area contributed by atoms with E-state index in [-0.39, 0.29) is 6.10 Å². The van der Waals surface area contributed by atoms with Crippen molar-refractivity contribution < 1.29 is 5.11 Å². The van der Waals surface area contributed by atoms with Crippen molar-refractivity contribution >= 4 is 0 Å². The molecule has 16 heavy (non-hydrogen) atoms. The molecule has 1 aromatic carbocycles. The molecule has 1 atom stereocenters. The van der Waals surface area contributed by atoms with Crippen LogP contribution in [-0.4, -0.2) is 11.2 Å². The zero-order chi connectivity index (χ0) is 11.8. The van der Waals surface area contributed by atoms with E-state index in [1.165, 1.54) is 5.56 Å². The van der Waals surface area contributed by atoms with Crippen molar-refractivity contribution in [2.45, 2.75) is 52.1 Å². The van der Waals surface area contributed by atoms with Gasteiger partial charge >= 0.3 is 0 Å². The Morgan fingerprint density at radius 3 is 2.31 bits per heavy atom. The first-order chi connectivity index (χ1) is 7.68. The number of hydrogen-bond donors (Lipinski definition) is 1. The maximum Gasteiger partial charge on any atom is 0.0540 e. The molecule has 1 nitrogen and oxygen atoms in total. The van der Waals surface area contributed by atoms with Crippen molar-refractivity contribution in [2.75, 3.05) is 0 Å². The lowest BCUT2D eigenvalue weighted by atomic mass is 10.00. The van der Waals surface area contributed by atoms with Gasteiger partial charge in [0.15, 0.2) is 0 Å². The third-order valence-electron chi connectivity index (χ3n) is 2.92. The van der Waals surface area contributed by atoms with Gasteiger partial charge in [0.05, 0.1) is 6.10 Å². The summed E-state index contributed by atoms with van der Waals surface area (Å²) in [6.07, 6.45) is 5.08. The lowest BCUT2D eigenvalue weighted by Gasteiger charge is -2.11. The van der Waals surface area contributed by atoms with Gasteiger partial charge in [-0.3, -0.25) is 0 Å². The Morgan fingerprint density at radius 1 is 1.00 bits per heavy atom. The fourth-order valence-corrected chi connectivity index (χ4v) is 1.86. The number of rotatable bonds is 7. The molecule has 0 fully saturated rings. The number of aliphatic hydroxyl groups is 1. The zero-order valence-electron chi connectivity index (χ0n) is 10.5. The molecule has 0 spiro atoms. The second kappa shape index (κ2) is 7.45. The van der Waals surface area contributed by atoms with E-state index >= 15 is 0 Å². The predicted octanol–water partition coefficient (Wildman–Crippen LogP) is 3.81. The van der Waals surface area contributed by atoms with Crippen molar-refractivity contribution in [3.63, 3.8) is 0 Å². The van der Waals surface area contributed by atoms with E-state index in [4.69, 9.17) is 0 Å². The highest BCUT2D eigenvalue weighted by atomic mass is 16.3. The normalized spacial score (nSPS) is 13.0. The fraction of sp³-hybridized carbons (Fsp3) is 0.600. The maximum absolute atomic E-state index is 9.78. The van der Waals surface area contributed by atoms with Gasteiger partial charge in [0, 0.05) is 0 Å². The molecule has 1 heteroatoms. The summed E-state index contributed by atoms with van der Waals surface area (Å²) in [5.74, 6) is 0.698. The SMILES string of the molecule is CC(C)CCC(O)CCCc1ccccc1. The van der Waals surface area contributed by atoms with Crippen LogP contribution < -0.4 is 0 Å². The maximum atomic E-state index is 9.78. The second-order valence-electron chi connectivity index (χ2n) is 5.00. The van der Waals surface area contributed by atoms with Crippen molar-refractivity contribution in [2.24, 2.45) is 5.92 Å². The minimum absolute atomic E-state index is 0.105. The Bertz CT molecular complexity index is 266. The summed E-state index contributed by atoms with van der Waals surface area (Å²) in [6.45, 7) is 4.41. The molecule has 0 heterocycles. The van der Waals surface area contributed by atoms with Crippen LogP contribution in [0.1, 0.15) is 45.1 Å². The molecule has 0 saturated carbocycles. The Morgan fingerprint density at radius 2 is 1.69 bits per heavy atom. The van der Waals surface area contributed by atoms with Gasteiger partial charge in [0.2, 0.25) is 0 Å². The highest BCUT2D eigenvalue weighted by Crippen LogP contribution is 2.12. The largest absolute Gasteiger partial charge is 0.393 e. The Kier molecular flexibility index (Phi) is 6.17. The van der Waals surface area contributed by atoms with Crippen LogP contribution in [0, 0.1) is 5.92 Å². The summed E-state index contributed by atoms with van der Waals surface area (Å²) in [5, 5.41) is 9.78. The topological polar surface area (TPSA) is 20.2 Å². The molecule has 1 aromatic rings. The zero-order valence-corrected chi connectivity index (χ0v) is 10.5.